The van der Waals surface area contributed by atoms with Crippen LogP contribution in [0.4, 0.5) is 11.6 Å². The molecule has 2 aromatic heterocycles. The maximum atomic E-state index is 12.1. The van der Waals surface area contributed by atoms with Crippen molar-refractivity contribution in [2.24, 2.45) is 4.99 Å². The Bertz CT molecular complexity index is 1090. The lowest BCUT2D eigenvalue weighted by Crippen LogP contribution is -2.44. The van der Waals surface area contributed by atoms with Gasteiger partial charge in [-0.25, -0.2) is 15.0 Å². The summed E-state index contributed by atoms with van der Waals surface area (Å²) in [4.78, 5) is 32.1. The van der Waals surface area contributed by atoms with E-state index in [1.807, 2.05) is 12.1 Å². The van der Waals surface area contributed by atoms with Crippen molar-refractivity contribution in [2.75, 3.05) is 38.1 Å². The zero-order chi connectivity index (χ0) is 19.7. The second kappa shape index (κ2) is 7.84. The van der Waals surface area contributed by atoms with Crippen LogP contribution in [0.2, 0.25) is 0 Å². The van der Waals surface area contributed by atoms with Gasteiger partial charge in [0.25, 0.3) is 5.56 Å². The number of pyridine rings is 1. The molecule has 4 rings (SSSR count). The predicted octanol–water partition coefficient (Wildman–Crippen LogP) is 2.13. The minimum atomic E-state index is -0.336. The minimum absolute atomic E-state index is 0.217. The molecule has 2 N–H and O–H groups in total. The fourth-order valence-corrected chi connectivity index (χ4v) is 3.64. The Labute approximate surface area is 175 Å². The summed E-state index contributed by atoms with van der Waals surface area (Å²) in [6.07, 6.45) is 4.83. The number of nitrogens with one attached hydrogen (secondary N) is 1. The first-order valence-corrected chi connectivity index (χ1v) is 9.93. The monoisotopic (exact) mass is 490 g/mol. The number of aliphatic imine (C=N–C) groups is 1. The lowest BCUT2D eigenvalue weighted by Gasteiger charge is -2.32. The summed E-state index contributed by atoms with van der Waals surface area (Å²) in [7, 11) is 2.11. The molecule has 0 bridgehead atoms. The molecule has 1 saturated heterocycles. The Morgan fingerprint density at radius 1 is 1.18 bits per heavy atom. The number of aromatic nitrogens is 3. The van der Waals surface area contributed by atoms with Crippen LogP contribution in [0.5, 0.6) is 5.88 Å². The van der Waals surface area contributed by atoms with Gasteiger partial charge in [0.05, 0.1) is 18.0 Å². The van der Waals surface area contributed by atoms with Crippen LogP contribution in [0.15, 0.2) is 40.4 Å². The van der Waals surface area contributed by atoms with Crippen LogP contribution in [0.25, 0.3) is 10.8 Å². The van der Waals surface area contributed by atoms with Gasteiger partial charge in [-0.1, -0.05) is 0 Å². The van der Waals surface area contributed by atoms with Crippen LogP contribution in [0, 0.1) is 3.57 Å². The highest BCUT2D eigenvalue weighted by Gasteiger charge is 2.15. The predicted molar refractivity (Wildman–Crippen MR) is 118 cm³/mol. The maximum Gasteiger partial charge on any atom is 0.258 e. The van der Waals surface area contributed by atoms with Gasteiger partial charge in [-0.3, -0.25) is 9.78 Å². The Morgan fingerprint density at radius 3 is 2.68 bits per heavy atom. The number of aromatic hydroxyl groups is 1. The van der Waals surface area contributed by atoms with Gasteiger partial charge in [0, 0.05) is 46.7 Å². The van der Waals surface area contributed by atoms with Crippen molar-refractivity contribution in [3.63, 3.8) is 0 Å². The Balaban J connectivity index is 1.61. The van der Waals surface area contributed by atoms with Crippen LogP contribution in [-0.4, -0.2) is 64.4 Å². The van der Waals surface area contributed by atoms with E-state index < -0.39 is 0 Å². The Hall–Kier alpha value is -2.53. The molecular weight excluding hydrogens is 471 g/mol. The zero-order valence-electron chi connectivity index (χ0n) is 15.3. The van der Waals surface area contributed by atoms with E-state index in [0.717, 1.165) is 35.6 Å². The molecule has 1 aromatic carbocycles. The van der Waals surface area contributed by atoms with Gasteiger partial charge in [0.15, 0.2) is 5.82 Å². The number of fused-ring (bicyclic) bond motifs is 1. The largest absolute Gasteiger partial charge is 0.494 e. The summed E-state index contributed by atoms with van der Waals surface area (Å²) in [6.45, 7) is 3.84. The van der Waals surface area contributed by atoms with Crippen molar-refractivity contribution in [2.45, 2.75) is 0 Å². The molecule has 0 amide bonds. The van der Waals surface area contributed by atoms with E-state index in [2.05, 4.69) is 59.4 Å². The molecule has 1 fully saturated rings. The van der Waals surface area contributed by atoms with E-state index in [0.29, 0.717) is 22.2 Å². The molecule has 3 aromatic rings. The van der Waals surface area contributed by atoms with Gasteiger partial charge < -0.3 is 14.9 Å². The van der Waals surface area contributed by atoms with Crippen molar-refractivity contribution in [1.82, 2.24) is 19.9 Å². The molecule has 1 aliphatic heterocycles. The summed E-state index contributed by atoms with van der Waals surface area (Å²) in [5.41, 5.74) is 0.107. The molecule has 0 saturated carbocycles. The standard InChI is InChI=1S/C19H19IN6O2/c1-25-4-6-26(7-5-25)17-11-22-16(10-23-17)21-9-15-14-8-12(20)2-3-13(14)18(27)24-19(15)28/h2-3,8-11H,4-7H2,1H3,(H2,24,27,28). The number of anilines is 1. The number of hydrogen-bond donors (Lipinski definition) is 2. The molecule has 28 heavy (non-hydrogen) atoms. The normalized spacial score (nSPS) is 15.6. The number of piperazine rings is 1. The van der Waals surface area contributed by atoms with Crippen molar-refractivity contribution in [3.8, 4) is 5.88 Å². The number of likely N-dealkylation sites (N-methyl/N-ethyl adjacent to an activating group) is 1. The molecule has 0 aliphatic carbocycles. The molecular formula is C19H19IN6O2. The molecule has 0 radical (unpaired) electrons. The van der Waals surface area contributed by atoms with Crippen molar-refractivity contribution in [1.29, 1.82) is 0 Å². The smallest absolute Gasteiger partial charge is 0.258 e. The van der Waals surface area contributed by atoms with E-state index in [4.69, 9.17) is 0 Å². The molecule has 3 heterocycles. The average Bonchev–Trinajstić information content (AvgIpc) is 2.68. The van der Waals surface area contributed by atoms with Crippen molar-refractivity contribution >= 4 is 51.2 Å². The van der Waals surface area contributed by atoms with Gasteiger partial charge in [-0.15, -0.1) is 0 Å². The summed E-state index contributed by atoms with van der Waals surface area (Å²) < 4.78 is 0.959. The third-order valence-corrected chi connectivity index (χ3v) is 5.45. The number of rotatable bonds is 3. The summed E-state index contributed by atoms with van der Waals surface area (Å²) >= 11 is 2.17. The molecule has 9 heteroatoms. The third-order valence-electron chi connectivity index (χ3n) is 4.78. The summed E-state index contributed by atoms with van der Waals surface area (Å²) in [5, 5.41) is 11.3. The zero-order valence-corrected chi connectivity index (χ0v) is 17.4. The number of halogens is 1. The van der Waals surface area contributed by atoms with E-state index >= 15 is 0 Å². The lowest BCUT2D eigenvalue weighted by atomic mass is 10.1. The number of nitrogens with zero attached hydrogens (tertiary/aromatic N) is 5. The highest BCUT2D eigenvalue weighted by molar-refractivity contribution is 14.1. The van der Waals surface area contributed by atoms with Gasteiger partial charge in [0.2, 0.25) is 5.88 Å². The van der Waals surface area contributed by atoms with Crippen molar-refractivity contribution in [3.05, 3.63) is 50.1 Å². The van der Waals surface area contributed by atoms with E-state index in [9.17, 15) is 9.90 Å². The van der Waals surface area contributed by atoms with Crippen LogP contribution in [0.3, 0.4) is 0 Å². The van der Waals surface area contributed by atoms with Gasteiger partial charge in [-0.2, -0.15) is 0 Å². The number of aromatic amines is 1. The topological polar surface area (TPSA) is 97.7 Å². The first-order valence-electron chi connectivity index (χ1n) is 8.85. The summed E-state index contributed by atoms with van der Waals surface area (Å²) in [6, 6.07) is 5.42. The number of benzene rings is 1. The van der Waals surface area contributed by atoms with E-state index in [1.165, 1.54) is 6.21 Å². The third kappa shape index (κ3) is 3.85. The maximum absolute atomic E-state index is 12.1. The molecule has 1 aliphatic rings. The number of H-pyrrole nitrogens is 1. The Morgan fingerprint density at radius 2 is 1.96 bits per heavy atom. The quantitative estimate of drug-likeness (QED) is 0.432. The average molecular weight is 490 g/mol. The number of hydrogen-bond acceptors (Lipinski definition) is 7. The SMILES string of the molecule is CN1CCN(c2cnc(N=Cc3c(O)[nH]c(=O)c4ccc(I)cc34)cn2)CC1. The highest BCUT2D eigenvalue weighted by Crippen LogP contribution is 2.23. The van der Waals surface area contributed by atoms with Crippen molar-refractivity contribution < 1.29 is 5.11 Å². The van der Waals surface area contributed by atoms with Gasteiger partial charge >= 0.3 is 0 Å². The molecule has 0 unspecified atom stereocenters. The highest BCUT2D eigenvalue weighted by atomic mass is 127. The van der Waals surface area contributed by atoms with Gasteiger partial charge in [-0.05, 0) is 47.8 Å². The first kappa shape index (κ1) is 18.8. The second-order valence-electron chi connectivity index (χ2n) is 6.69. The minimum Gasteiger partial charge on any atom is -0.494 e. The van der Waals surface area contributed by atoms with Crippen LogP contribution in [-0.2, 0) is 0 Å². The fourth-order valence-electron chi connectivity index (χ4n) is 3.15. The van der Waals surface area contributed by atoms with E-state index in [1.54, 1.807) is 18.5 Å². The Kier molecular flexibility index (Phi) is 5.27. The molecule has 144 valence electrons. The second-order valence-corrected chi connectivity index (χ2v) is 7.93. The lowest BCUT2D eigenvalue weighted by molar-refractivity contribution is 0.312. The first-order chi connectivity index (χ1) is 13.5. The molecule has 0 atom stereocenters. The fraction of sp³-hybridized carbons (Fsp3) is 0.263. The van der Waals surface area contributed by atoms with Gasteiger partial charge in [0.1, 0.15) is 5.82 Å². The molecule has 8 nitrogen and oxygen atoms in total. The van der Waals surface area contributed by atoms with Crippen LogP contribution in [0.1, 0.15) is 5.56 Å². The summed E-state index contributed by atoms with van der Waals surface area (Å²) in [5.74, 6) is 1.05. The van der Waals surface area contributed by atoms with E-state index in [-0.39, 0.29) is 11.4 Å². The van der Waals surface area contributed by atoms with Crippen LogP contribution >= 0.6 is 22.6 Å². The van der Waals surface area contributed by atoms with Crippen LogP contribution < -0.4 is 10.5 Å². The molecule has 0 spiro atoms.